The molecule has 1 N–H and O–H groups in total. The van der Waals surface area contributed by atoms with Gasteiger partial charge in [-0.15, -0.1) is 10.2 Å². The number of nitriles is 1. The molecule has 26 heavy (non-hydrogen) atoms. The van der Waals surface area contributed by atoms with Crippen molar-refractivity contribution in [2.75, 3.05) is 12.4 Å². The Labute approximate surface area is 156 Å². The second-order valence-electron chi connectivity index (χ2n) is 6.26. The summed E-state index contributed by atoms with van der Waals surface area (Å²) in [6.45, 7) is 4.30. The van der Waals surface area contributed by atoms with Crippen LogP contribution in [0.4, 0.5) is 0 Å². The zero-order valence-corrected chi connectivity index (χ0v) is 15.5. The molecule has 0 saturated heterocycles. The number of hydrogen-bond acceptors (Lipinski definition) is 7. The number of benzene rings is 1. The van der Waals surface area contributed by atoms with Gasteiger partial charge in [0.15, 0.2) is 0 Å². The van der Waals surface area contributed by atoms with Crippen molar-refractivity contribution in [2.24, 2.45) is 5.92 Å². The molecule has 1 amide bonds. The first-order valence-electron chi connectivity index (χ1n) is 8.46. The number of aromatic nitrogens is 2. The van der Waals surface area contributed by atoms with Crippen molar-refractivity contribution >= 4 is 17.7 Å². The summed E-state index contributed by atoms with van der Waals surface area (Å²) in [6.07, 6.45) is 1.96. The summed E-state index contributed by atoms with van der Waals surface area (Å²) in [5.74, 6) is 1.31. The Hall–Kier alpha value is -2.53. The molecular formula is C18H20N4O3S. The summed E-state index contributed by atoms with van der Waals surface area (Å²) < 4.78 is 11.0. The van der Waals surface area contributed by atoms with Crippen molar-refractivity contribution in [3.05, 3.63) is 24.3 Å². The van der Waals surface area contributed by atoms with E-state index in [2.05, 4.69) is 21.6 Å². The first kappa shape index (κ1) is 18.3. The van der Waals surface area contributed by atoms with Crippen molar-refractivity contribution < 1.29 is 13.9 Å². The van der Waals surface area contributed by atoms with E-state index < -0.39 is 5.54 Å². The molecule has 1 saturated carbocycles. The van der Waals surface area contributed by atoms with E-state index in [0.717, 1.165) is 35.9 Å². The van der Waals surface area contributed by atoms with Gasteiger partial charge in [0.2, 0.25) is 11.8 Å². The lowest BCUT2D eigenvalue weighted by molar-refractivity contribution is -0.119. The zero-order valence-electron chi connectivity index (χ0n) is 14.7. The van der Waals surface area contributed by atoms with Crippen LogP contribution in [-0.4, -0.2) is 34.0 Å². The topological polar surface area (TPSA) is 101 Å². The molecule has 8 heteroatoms. The average molecular weight is 372 g/mol. The lowest BCUT2D eigenvalue weighted by atomic mass is 9.98. The average Bonchev–Trinajstić information content (AvgIpc) is 3.40. The van der Waals surface area contributed by atoms with Crippen molar-refractivity contribution in [1.82, 2.24) is 15.5 Å². The van der Waals surface area contributed by atoms with Gasteiger partial charge in [-0.25, -0.2) is 0 Å². The molecule has 1 aliphatic rings. The van der Waals surface area contributed by atoms with Crippen LogP contribution in [0.25, 0.3) is 11.5 Å². The SMILES string of the molecule is CCOc1ccc(-c2nnc(SCC(=O)N[C@@](C)(C#N)C3CC3)o2)cc1. The Balaban J connectivity index is 1.55. The highest BCUT2D eigenvalue weighted by atomic mass is 32.2. The molecule has 2 aromatic rings. The van der Waals surface area contributed by atoms with Crippen molar-refractivity contribution in [3.8, 4) is 23.3 Å². The van der Waals surface area contributed by atoms with Gasteiger partial charge in [-0.05, 0) is 56.9 Å². The van der Waals surface area contributed by atoms with Gasteiger partial charge in [-0.1, -0.05) is 11.8 Å². The van der Waals surface area contributed by atoms with Gasteiger partial charge >= 0.3 is 0 Å². The lowest BCUT2D eigenvalue weighted by Gasteiger charge is -2.22. The fourth-order valence-corrected chi connectivity index (χ4v) is 3.14. The summed E-state index contributed by atoms with van der Waals surface area (Å²) in [6, 6.07) is 9.56. The van der Waals surface area contributed by atoms with Crippen LogP contribution in [-0.2, 0) is 4.79 Å². The van der Waals surface area contributed by atoms with E-state index in [0.29, 0.717) is 17.7 Å². The summed E-state index contributed by atoms with van der Waals surface area (Å²) in [4.78, 5) is 12.1. The van der Waals surface area contributed by atoms with Crippen molar-refractivity contribution in [2.45, 2.75) is 37.5 Å². The molecule has 0 bridgehead atoms. The first-order valence-corrected chi connectivity index (χ1v) is 9.44. The summed E-state index contributed by atoms with van der Waals surface area (Å²) in [5.41, 5.74) is -0.0111. The Morgan fingerprint density at radius 1 is 1.42 bits per heavy atom. The first-order chi connectivity index (χ1) is 12.5. The smallest absolute Gasteiger partial charge is 0.277 e. The van der Waals surface area contributed by atoms with E-state index in [9.17, 15) is 10.1 Å². The van der Waals surface area contributed by atoms with Gasteiger partial charge in [-0.3, -0.25) is 4.79 Å². The summed E-state index contributed by atoms with van der Waals surface area (Å²) >= 11 is 1.15. The normalized spacial score (nSPS) is 15.7. The molecule has 7 nitrogen and oxygen atoms in total. The molecule has 0 spiro atoms. The van der Waals surface area contributed by atoms with Crippen molar-refractivity contribution in [3.63, 3.8) is 0 Å². The third kappa shape index (κ3) is 4.35. The second kappa shape index (κ2) is 7.79. The number of rotatable bonds is 8. The fraction of sp³-hybridized carbons (Fsp3) is 0.444. The Kier molecular flexibility index (Phi) is 5.47. The number of hydrogen-bond donors (Lipinski definition) is 1. The van der Waals surface area contributed by atoms with Gasteiger partial charge in [0.25, 0.3) is 5.22 Å². The van der Waals surface area contributed by atoms with Gasteiger partial charge in [0.1, 0.15) is 11.3 Å². The summed E-state index contributed by atoms with van der Waals surface area (Å²) in [5, 5.41) is 20.4. The molecule has 0 unspecified atom stereocenters. The van der Waals surface area contributed by atoms with Crippen molar-refractivity contribution in [1.29, 1.82) is 5.26 Å². The molecule has 3 rings (SSSR count). The minimum Gasteiger partial charge on any atom is -0.494 e. The van der Waals surface area contributed by atoms with Crippen LogP contribution in [0, 0.1) is 17.2 Å². The van der Waals surface area contributed by atoms with Gasteiger partial charge in [0, 0.05) is 5.56 Å². The van der Waals surface area contributed by atoms with Gasteiger partial charge in [0.05, 0.1) is 18.4 Å². The summed E-state index contributed by atoms with van der Waals surface area (Å²) in [7, 11) is 0. The third-order valence-electron chi connectivity index (χ3n) is 4.17. The zero-order chi connectivity index (χ0) is 18.6. The maximum atomic E-state index is 12.1. The predicted octanol–water partition coefficient (Wildman–Crippen LogP) is 3.04. The molecule has 136 valence electrons. The van der Waals surface area contributed by atoms with Gasteiger partial charge < -0.3 is 14.5 Å². The molecule has 1 aromatic carbocycles. The number of nitrogens with zero attached hydrogens (tertiary/aromatic N) is 3. The number of ether oxygens (including phenoxy) is 1. The van der Waals surface area contributed by atoms with E-state index in [1.165, 1.54) is 0 Å². The molecule has 1 aromatic heterocycles. The number of nitrogens with one attached hydrogen (secondary N) is 1. The predicted molar refractivity (Wildman–Crippen MR) is 96.5 cm³/mol. The number of thioether (sulfide) groups is 1. The van der Waals surface area contributed by atoms with E-state index in [1.807, 2.05) is 31.2 Å². The minimum absolute atomic E-state index is 0.120. The lowest BCUT2D eigenvalue weighted by Crippen LogP contribution is -2.47. The quantitative estimate of drug-likeness (QED) is 0.711. The molecule has 0 radical (unpaired) electrons. The Morgan fingerprint density at radius 2 is 2.15 bits per heavy atom. The monoisotopic (exact) mass is 372 g/mol. The Bertz CT molecular complexity index is 811. The number of carbonyl (C=O) groups excluding carboxylic acids is 1. The molecule has 0 aliphatic heterocycles. The molecular weight excluding hydrogens is 352 g/mol. The fourth-order valence-electron chi connectivity index (χ4n) is 2.58. The third-order valence-corrected chi connectivity index (χ3v) is 4.99. The largest absolute Gasteiger partial charge is 0.494 e. The maximum Gasteiger partial charge on any atom is 0.277 e. The number of amides is 1. The second-order valence-corrected chi connectivity index (χ2v) is 7.18. The van der Waals surface area contributed by atoms with Crippen LogP contribution >= 0.6 is 11.8 Å². The molecule has 1 atom stereocenters. The van der Waals surface area contributed by atoms with E-state index in [4.69, 9.17) is 9.15 Å². The highest BCUT2D eigenvalue weighted by molar-refractivity contribution is 7.99. The van der Waals surface area contributed by atoms with Crippen LogP contribution in [0.3, 0.4) is 0 Å². The molecule has 1 aliphatic carbocycles. The minimum atomic E-state index is -0.792. The Morgan fingerprint density at radius 3 is 2.77 bits per heavy atom. The van der Waals surface area contributed by atoms with E-state index in [1.54, 1.807) is 6.92 Å². The van der Waals surface area contributed by atoms with E-state index >= 15 is 0 Å². The van der Waals surface area contributed by atoms with Crippen LogP contribution in [0.1, 0.15) is 26.7 Å². The standard InChI is InChI=1S/C18H20N4O3S/c1-3-24-14-8-4-12(5-9-14)16-21-22-17(25-16)26-10-15(23)20-18(2,11-19)13-6-7-13/h4-5,8-9,13H,3,6-7,10H2,1-2H3,(H,20,23)/t18-/m0/s1. The van der Waals surface area contributed by atoms with Crippen LogP contribution in [0.5, 0.6) is 5.75 Å². The molecule has 1 heterocycles. The van der Waals surface area contributed by atoms with E-state index in [-0.39, 0.29) is 17.6 Å². The van der Waals surface area contributed by atoms with Gasteiger partial charge in [-0.2, -0.15) is 5.26 Å². The highest BCUT2D eigenvalue weighted by Gasteiger charge is 2.42. The van der Waals surface area contributed by atoms with Crippen LogP contribution in [0.2, 0.25) is 0 Å². The van der Waals surface area contributed by atoms with Crippen LogP contribution < -0.4 is 10.1 Å². The highest BCUT2D eigenvalue weighted by Crippen LogP contribution is 2.39. The van der Waals surface area contributed by atoms with Crippen LogP contribution in [0.15, 0.2) is 33.9 Å². The molecule has 1 fully saturated rings. The maximum absolute atomic E-state index is 12.1. The number of carbonyl (C=O) groups is 1.